The maximum absolute atomic E-state index is 13.0. The van der Waals surface area contributed by atoms with Gasteiger partial charge in [-0.05, 0) is 49.4 Å². The van der Waals surface area contributed by atoms with Crippen LogP contribution in [0.2, 0.25) is 0 Å². The van der Waals surface area contributed by atoms with Gasteiger partial charge in [-0.3, -0.25) is 14.6 Å². The van der Waals surface area contributed by atoms with Crippen molar-refractivity contribution in [2.24, 2.45) is 0 Å². The van der Waals surface area contributed by atoms with Crippen molar-refractivity contribution in [2.45, 2.75) is 39.0 Å². The Labute approximate surface area is 191 Å². The number of nitrogens with zero attached hydrogens (tertiary/aromatic N) is 3. The highest BCUT2D eigenvalue weighted by atomic mass is 16.2. The smallest absolute Gasteiger partial charge is 0.256 e. The summed E-state index contributed by atoms with van der Waals surface area (Å²) in [6.45, 7) is 3.74. The Morgan fingerprint density at radius 1 is 1.09 bits per heavy atom. The van der Waals surface area contributed by atoms with E-state index in [9.17, 15) is 9.59 Å². The van der Waals surface area contributed by atoms with Crippen molar-refractivity contribution < 1.29 is 4.79 Å². The molecular formula is C26H25N5O2. The molecule has 0 spiro atoms. The van der Waals surface area contributed by atoms with E-state index < -0.39 is 0 Å². The molecule has 0 bridgehead atoms. The van der Waals surface area contributed by atoms with Gasteiger partial charge in [0.1, 0.15) is 5.82 Å². The lowest BCUT2D eigenvalue weighted by Gasteiger charge is -2.10. The Balaban J connectivity index is 1.45. The minimum Gasteiger partial charge on any atom is -0.306 e. The SMILES string of the molecule is CCc1c(C)nc(-n2nc(C3CC3)cc2NC(=O)c2ccc(-c3ccccc3)cc2)[nH]c1=O. The van der Waals surface area contributed by atoms with Crippen molar-refractivity contribution in [2.75, 3.05) is 5.32 Å². The lowest BCUT2D eigenvalue weighted by atomic mass is 10.0. The second-order valence-corrected chi connectivity index (χ2v) is 8.35. The van der Waals surface area contributed by atoms with E-state index in [-0.39, 0.29) is 11.5 Å². The second kappa shape index (κ2) is 8.50. The Morgan fingerprint density at radius 3 is 2.42 bits per heavy atom. The van der Waals surface area contributed by atoms with Crippen molar-refractivity contribution in [1.82, 2.24) is 19.7 Å². The number of aromatic nitrogens is 4. The van der Waals surface area contributed by atoms with Gasteiger partial charge in [-0.25, -0.2) is 4.98 Å². The van der Waals surface area contributed by atoms with Crippen LogP contribution < -0.4 is 10.9 Å². The van der Waals surface area contributed by atoms with Crippen LogP contribution in [0.15, 0.2) is 65.5 Å². The molecule has 33 heavy (non-hydrogen) atoms. The lowest BCUT2D eigenvalue weighted by molar-refractivity contribution is 0.102. The molecule has 1 aliphatic rings. The van der Waals surface area contributed by atoms with Crippen LogP contribution >= 0.6 is 0 Å². The zero-order valence-electron chi connectivity index (χ0n) is 18.6. The summed E-state index contributed by atoms with van der Waals surface area (Å²) in [6, 6.07) is 19.4. The fourth-order valence-electron chi connectivity index (χ4n) is 3.97. The second-order valence-electron chi connectivity index (χ2n) is 8.35. The molecule has 0 saturated heterocycles. The number of aryl methyl sites for hydroxylation is 1. The number of carbonyl (C=O) groups excluding carboxylic acids is 1. The zero-order valence-corrected chi connectivity index (χ0v) is 18.6. The molecule has 2 heterocycles. The molecule has 2 aromatic carbocycles. The van der Waals surface area contributed by atoms with Crippen LogP contribution in [-0.4, -0.2) is 25.7 Å². The summed E-state index contributed by atoms with van der Waals surface area (Å²) < 4.78 is 1.53. The first-order chi connectivity index (χ1) is 16.0. The van der Waals surface area contributed by atoms with Crippen LogP contribution in [0, 0.1) is 6.92 Å². The summed E-state index contributed by atoms with van der Waals surface area (Å²) in [5, 5.41) is 7.60. The van der Waals surface area contributed by atoms with Gasteiger partial charge in [0.2, 0.25) is 5.95 Å². The third-order valence-corrected chi connectivity index (χ3v) is 5.98. The summed E-state index contributed by atoms with van der Waals surface area (Å²) >= 11 is 0. The van der Waals surface area contributed by atoms with E-state index in [0.29, 0.717) is 40.9 Å². The van der Waals surface area contributed by atoms with Crippen LogP contribution in [0.1, 0.15) is 53.0 Å². The van der Waals surface area contributed by atoms with Gasteiger partial charge in [0.15, 0.2) is 0 Å². The molecule has 2 aromatic heterocycles. The normalized spacial score (nSPS) is 13.2. The number of anilines is 1. The fourth-order valence-corrected chi connectivity index (χ4v) is 3.97. The number of benzene rings is 2. The summed E-state index contributed by atoms with van der Waals surface area (Å²) in [4.78, 5) is 32.9. The molecule has 1 saturated carbocycles. The monoisotopic (exact) mass is 439 g/mol. The fraction of sp³-hybridized carbons (Fsp3) is 0.231. The topological polar surface area (TPSA) is 92.7 Å². The molecule has 0 aliphatic heterocycles. The molecule has 166 valence electrons. The number of nitrogens with one attached hydrogen (secondary N) is 2. The first-order valence-electron chi connectivity index (χ1n) is 11.2. The third kappa shape index (κ3) is 4.22. The van der Waals surface area contributed by atoms with E-state index >= 15 is 0 Å². The largest absolute Gasteiger partial charge is 0.306 e. The van der Waals surface area contributed by atoms with E-state index in [4.69, 9.17) is 0 Å². The van der Waals surface area contributed by atoms with E-state index in [2.05, 4.69) is 20.4 Å². The minimum absolute atomic E-state index is 0.183. The number of rotatable bonds is 6. The van der Waals surface area contributed by atoms with Crippen LogP contribution in [-0.2, 0) is 6.42 Å². The van der Waals surface area contributed by atoms with Gasteiger partial charge in [0, 0.05) is 28.8 Å². The van der Waals surface area contributed by atoms with Crippen molar-refractivity contribution in [1.29, 1.82) is 0 Å². The molecular weight excluding hydrogens is 414 g/mol. The highest BCUT2D eigenvalue weighted by Crippen LogP contribution is 2.40. The zero-order chi connectivity index (χ0) is 22.9. The predicted molar refractivity (Wildman–Crippen MR) is 128 cm³/mol. The number of aromatic amines is 1. The van der Waals surface area contributed by atoms with Gasteiger partial charge in [0.25, 0.3) is 11.5 Å². The number of amides is 1. The van der Waals surface area contributed by atoms with E-state index in [1.807, 2.05) is 62.4 Å². The predicted octanol–water partition coefficient (Wildman–Crippen LogP) is 4.62. The van der Waals surface area contributed by atoms with E-state index in [1.165, 1.54) is 4.68 Å². The Hall–Kier alpha value is -4.00. The highest BCUT2D eigenvalue weighted by molar-refractivity contribution is 6.04. The Morgan fingerprint density at radius 2 is 1.79 bits per heavy atom. The first kappa shape index (κ1) is 20.9. The van der Waals surface area contributed by atoms with Crippen molar-refractivity contribution in [3.8, 4) is 17.1 Å². The standard InChI is InChI=1S/C26H25N5O2/c1-3-21-16(2)27-26(29-25(21)33)31-23(15-22(30-31)19-11-12-19)28-24(32)20-13-9-18(10-14-20)17-7-5-4-6-8-17/h4-10,13-15,19H,3,11-12H2,1-2H3,(H,28,32)(H,27,29,33). The Bertz CT molecular complexity index is 1370. The van der Waals surface area contributed by atoms with Crippen LogP contribution in [0.5, 0.6) is 0 Å². The molecule has 1 fully saturated rings. The van der Waals surface area contributed by atoms with Gasteiger partial charge in [-0.2, -0.15) is 9.78 Å². The van der Waals surface area contributed by atoms with Crippen LogP contribution in [0.3, 0.4) is 0 Å². The number of H-pyrrole nitrogens is 1. The average molecular weight is 440 g/mol. The van der Waals surface area contributed by atoms with Crippen LogP contribution in [0.25, 0.3) is 17.1 Å². The summed E-state index contributed by atoms with van der Waals surface area (Å²) in [6.07, 6.45) is 2.75. The first-order valence-corrected chi connectivity index (χ1v) is 11.2. The molecule has 0 atom stereocenters. The van der Waals surface area contributed by atoms with E-state index in [0.717, 1.165) is 29.7 Å². The molecule has 5 rings (SSSR count). The number of hydrogen-bond donors (Lipinski definition) is 2. The molecule has 4 aromatic rings. The van der Waals surface area contributed by atoms with Crippen molar-refractivity contribution in [3.05, 3.63) is 93.5 Å². The Kier molecular flexibility index (Phi) is 5.38. The lowest BCUT2D eigenvalue weighted by Crippen LogP contribution is -2.22. The maximum atomic E-state index is 13.0. The van der Waals surface area contributed by atoms with Gasteiger partial charge in [-0.15, -0.1) is 0 Å². The third-order valence-electron chi connectivity index (χ3n) is 5.98. The molecule has 7 heteroatoms. The van der Waals surface area contributed by atoms with Gasteiger partial charge < -0.3 is 5.32 Å². The quantitative estimate of drug-likeness (QED) is 0.458. The molecule has 1 amide bonds. The van der Waals surface area contributed by atoms with Crippen molar-refractivity contribution >= 4 is 11.7 Å². The van der Waals surface area contributed by atoms with Crippen LogP contribution in [0.4, 0.5) is 5.82 Å². The summed E-state index contributed by atoms with van der Waals surface area (Å²) in [5.41, 5.74) is 4.70. The summed E-state index contributed by atoms with van der Waals surface area (Å²) in [5.74, 6) is 0.925. The maximum Gasteiger partial charge on any atom is 0.256 e. The van der Waals surface area contributed by atoms with Gasteiger partial charge in [-0.1, -0.05) is 49.4 Å². The molecule has 2 N–H and O–H groups in total. The van der Waals surface area contributed by atoms with E-state index in [1.54, 1.807) is 12.1 Å². The van der Waals surface area contributed by atoms with Gasteiger partial charge in [0.05, 0.1) is 5.69 Å². The molecule has 0 radical (unpaired) electrons. The highest BCUT2D eigenvalue weighted by Gasteiger charge is 2.28. The van der Waals surface area contributed by atoms with Crippen molar-refractivity contribution in [3.63, 3.8) is 0 Å². The molecule has 0 unspecified atom stereocenters. The average Bonchev–Trinajstić information content (AvgIpc) is 3.60. The van der Waals surface area contributed by atoms with Gasteiger partial charge >= 0.3 is 0 Å². The number of carbonyl (C=O) groups is 1. The summed E-state index contributed by atoms with van der Waals surface area (Å²) in [7, 11) is 0. The molecule has 1 aliphatic carbocycles. The minimum atomic E-state index is -0.248. The molecule has 7 nitrogen and oxygen atoms in total. The number of hydrogen-bond acceptors (Lipinski definition) is 4.